The summed E-state index contributed by atoms with van der Waals surface area (Å²) in [7, 11) is 0. The first-order valence-electron chi connectivity index (χ1n) is 19.7. The summed E-state index contributed by atoms with van der Waals surface area (Å²) in [6.45, 7) is 12.7. The first-order valence-corrected chi connectivity index (χ1v) is 19.7. The van der Waals surface area contributed by atoms with E-state index in [-0.39, 0.29) is 11.8 Å². The fraction of sp³-hybridized carbons (Fsp3) is 0.200. The molecule has 0 N–H and O–H groups in total. The lowest BCUT2D eigenvalue weighted by atomic mass is 9.84. The van der Waals surface area contributed by atoms with E-state index in [1.165, 1.54) is 48.5 Å². The number of aryl methyl sites for hydroxylation is 2. The molecule has 4 nitrogen and oxygen atoms in total. The van der Waals surface area contributed by atoms with Gasteiger partial charge in [-0.2, -0.15) is 0 Å². The summed E-state index contributed by atoms with van der Waals surface area (Å²) in [5.41, 5.74) is 9.09. The molecule has 0 radical (unpaired) electrons. The lowest BCUT2D eigenvalue weighted by molar-refractivity contribution is -0.275. The van der Waals surface area contributed by atoms with Crippen LogP contribution in [0.3, 0.4) is 0 Å². The van der Waals surface area contributed by atoms with Crippen molar-refractivity contribution < 1.29 is 35.8 Å². The van der Waals surface area contributed by atoms with E-state index in [4.69, 9.17) is 0 Å². The molecule has 0 fully saturated rings. The largest absolute Gasteiger partial charge is 0.573 e. The zero-order valence-electron chi connectivity index (χ0n) is 33.8. The minimum Gasteiger partial charge on any atom is -0.406 e. The molecule has 0 spiro atoms. The quantitative estimate of drug-likeness (QED) is 0.101. The molecule has 0 aliphatic heterocycles. The summed E-state index contributed by atoms with van der Waals surface area (Å²) < 4.78 is 87.8. The second-order valence-corrected chi connectivity index (χ2v) is 15.8. The monoisotopic (exact) mass is 816 g/mol. The number of anilines is 6. The van der Waals surface area contributed by atoms with Gasteiger partial charge in [0.05, 0.1) is 11.4 Å². The predicted octanol–water partition coefficient (Wildman–Crippen LogP) is 16.2. The minimum atomic E-state index is -4.89. The van der Waals surface area contributed by atoms with Crippen molar-refractivity contribution >= 4 is 66.4 Å². The molecule has 8 aromatic rings. The minimum absolute atomic E-state index is 0.0287. The Balaban J connectivity index is 1.45. The highest BCUT2D eigenvalue weighted by Crippen LogP contribution is 2.51. The normalized spacial score (nSPS) is 12.3. The lowest BCUT2D eigenvalue weighted by Gasteiger charge is -2.31. The van der Waals surface area contributed by atoms with Gasteiger partial charge >= 0.3 is 12.7 Å². The molecule has 60 heavy (non-hydrogen) atoms. The molecule has 8 rings (SSSR count). The van der Waals surface area contributed by atoms with Gasteiger partial charge in [-0.05, 0) is 143 Å². The van der Waals surface area contributed by atoms with Gasteiger partial charge in [0.2, 0.25) is 0 Å². The van der Waals surface area contributed by atoms with E-state index >= 15 is 0 Å². The van der Waals surface area contributed by atoms with E-state index in [0.29, 0.717) is 17.1 Å². The average Bonchev–Trinajstić information content (AvgIpc) is 3.19. The number of rotatable bonds is 10. The van der Waals surface area contributed by atoms with Crippen LogP contribution in [0.2, 0.25) is 0 Å². The van der Waals surface area contributed by atoms with E-state index < -0.39 is 24.2 Å². The van der Waals surface area contributed by atoms with E-state index in [1.54, 1.807) is 0 Å². The molecule has 306 valence electrons. The van der Waals surface area contributed by atoms with Gasteiger partial charge in [-0.15, -0.1) is 26.3 Å². The third kappa shape index (κ3) is 7.86. The van der Waals surface area contributed by atoms with Crippen molar-refractivity contribution in [3.05, 3.63) is 156 Å². The van der Waals surface area contributed by atoms with Gasteiger partial charge < -0.3 is 19.3 Å². The van der Waals surface area contributed by atoms with Crippen LogP contribution < -0.4 is 19.3 Å². The highest BCUT2D eigenvalue weighted by molar-refractivity contribution is 6.29. The molecule has 0 amide bonds. The van der Waals surface area contributed by atoms with Crippen molar-refractivity contribution in [2.45, 2.75) is 66.1 Å². The third-order valence-corrected chi connectivity index (χ3v) is 10.9. The second-order valence-electron chi connectivity index (χ2n) is 15.8. The first-order chi connectivity index (χ1) is 28.5. The molecule has 0 saturated carbocycles. The fourth-order valence-electron chi connectivity index (χ4n) is 8.17. The molecule has 0 heterocycles. The van der Waals surface area contributed by atoms with E-state index in [1.807, 2.05) is 4.90 Å². The fourth-order valence-corrected chi connectivity index (χ4v) is 8.17. The van der Waals surface area contributed by atoms with Gasteiger partial charge in [-0.25, -0.2) is 0 Å². The Labute approximate surface area is 344 Å². The predicted molar refractivity (Wildman–Crippen MR) is 231 cm³/mol. The van der Waals surface area contributed by atoms with Gasteiger partial charge in [-0.1, -0.05) is 87.4 Å². The van der Waals surface area contributed by atoms with Crippen LogP contribution in [-0.2, 0) is 0 Å². The molecule has 0 unspecified atom stereocenters. The Hall–Kier alpha value is -6.42. The number of alkyl halides is 6. The maximum atomic E-state index is 13.2. The SMILES string of the molecule is Cc1ccc(N(c2ccc(C)cc2)c2cc(C(C)C)c3ccc4c(N(c5ccc(OC(F)(F)F)cc5)c5ccc(OC(F)(F)F)cc5)cc(C(C)C)c5ccc2c3c54)cc1. The summed E-state index contributed by atoms with van der Waals surface area (Å²) in [6.07, 6.45) is -9.79. The molecule has 8 aromatic carbocycles. The Bertz CT molecular complexity index is 2690. The van der Waals surface area contributed by atoms with Crippen LogP contribution in [0.25, 0.3) is 32.3 Å². The van der Waals surface area contributed by atoms with Gasteiger partial charge in [0, 0.05) is 33.5 Å². The Morgan fingerprint density at radius 3 is 0.967 bits per heavy atom. The number of benzene rings is 8. The van der Waals surface area contributed by atoms with Gasteiger partial charge in [0.1, 0.15) is 11.5 Å². The van der Waals surface area contributed by atoms with E-state index in [2.05, 4.69) is 141 Å². The maximum Gasteiger partial charge on any atom is 0.573 e. The number of hydrogen-bond acceptors (Lipinski definition) is 4. The van der Waals surface area contributed by atoms with Gasteiger partial charge in [0.15, 0.2) is 0 Å². The van der Waals surface area contributed by atoms with Crippen LogP contribution in [0.1, 0.15) is 61.8 Å². The molecular weight excluding hydrogens is 775 g/mol. The van der Waals surface area contributed by atoms with Crippen molar-refractivity contribution in [3.63, 3.8) is 0 Å². The summed E-state index contributed by atoms with van der Waals surface area (Å²) in [5.74, 6) is -0.639. The Morgan fingerprint density at radius 2 is 0.683 bits per heavy atom. The van der Waals surface area contributed by atoms with Crippen LogP contribution >= 0.6 is 0 Å². The Kier molecular flexibility index (Phi) is 10.3. The lowest BCUT2D eigenvalue weighted by Crippen LogP contribution is -2.17. The standard InChI is InChI=1S/C50H42F6N2O2/c1-29(2)43-27-45(57(33-11-7-31(5)8-12-33)34-13-9-32(6)10-14-34)41-25-23-40-44(30(3)4)28-46(42-26-24-39(43)47(41)48(40)42)58(35-15-19-37(20-16-35)59-49(51,52)53)36-17-21-38(22-18-36)60-50(54,55)56/h7-30H,1-6H3. The van der Waals surface area contributed by atoms with Crippen molar-refractivity contribution in [1.29, 1.82) is 0 Å². The number of hydrogen-bond donors (Lipinski definition) is 0. The van der Waals surface area contributed by atoms with Gasteiger partial charge in [-0.3, -0.25) is 0 Å². The van der Waals surface area contributed by atoms with Crippen molar-refractivity contribution in [3.8, 4) is 11.5 Å². The highest BCUT2D eigenvalue weighted by Gasteiger charge is 2.33. The summed E-state index contributed by atoms with van der Waals surface area (Å²) in [5, 5.41) is 6.07. The molecular formula is C50H42F6N2O2. The van der Waals surface area contributed by atoms with Crippen LogP contribution in [-0.4, -0.2) is 12.7 Å². The van der Waals surface area contributed by atoms with Crippen LogP contribution in [0, 0.1) is 13.8 Å². The average molecular weight is 817 g/mol. The first kappa shape index (κ1) is 40.4. The van der Waals surface area contributed by atoms with Crippen molar-refractivity contribution in [2.75, 3.05) is 9.80 Å². The van der Waals surface area contributed by atoms with Crippen molar-refractivity contribution in [2.24, 2.45) is 0 Å². The molecule has 0 atom stereocenters. The number of nitrogens with zero attached hydrogens (tertiary/aromatic N) is 2. The number of halogens is 6. The second kappa shape index (κ2) is 15.3. The smallest absolute Gasteiger partial charge is 0.406 e. The maximum absolute atomic E-state index is 13.2. The zero-order valence-corrected chi connectivity index (χ0v) is 33.8. The molecule has 0 saturated heterocycles. The summed E-state index contributed by atoms with van der Waals surface area (Å²) >= 11 is 0. The van der Waals surface area contributed by atoms with Crippen LogP contribution in [0.4, 0.5) is 60.5 Å². The highest BCUT2D eigenvalue weighted by atomic mass is 19.4. The molecule has 0 aliphatic carbocycles. The molecule has 0 aliphatic rings. The Morgan fingerprint density at radius 1 is 0.400 bits per heavy atom. The van der Waals surface area contributed by atoms with Crippen LogP contribution in [0.5, 0.6) is 11.5 Å². The summed E-state index contributed by atoms with van der Waals surface area (Å²) in [6, 6.07) is 40.8. The van der Waals surface area contributed by atoms with E-state index in [9.17, 15) is 26.3 Å². The summed E-state index contributed by atoms with van der Waals surface area (Å²) in [4.78, 5) is 4.14. The molecule has 0 bridgehead atoms. The zero-order chi connectivity index (χ0) is 42.7. The molecule has 10 heteroatoms. The molecule has 0 aromatic heterocycles. The number of ether oxygens (including phenoxy) is 2. The van der Waals surface area contributed by atoms with Crippen molar-refractivity contribution in [1.82, 2.24) is 0 Å². The van der Waals surface area contributed by atoms with Crippen LogP contribution in [0.15, 0.2) is 133 Å². The topological polar surface area (TPSA) is 24.9 Å². The van der Waals surface area contributed by atoms with E-state index in [0.717, 1.165) is 71.6 Å². The third-order valence-electron chi connectivity index (χ3n) is 10.9. The van der Waals surface area contributed by atoms with Gasteiger partial charge in [0.25, 0.3) is 0 Å².